The zero-order valence-corrected chi connectivity index (χ0v) is 28.8. The summed E-state index contributed by atoms with van der Waals surface area (Å²) in [5.74, 6) is -1.72. The van der Waals surface area contributed by atoms with Gasteiger partial charge in [0.15, 0.2) is 14.1 Å². The number of urea groups is 1. The number of carbonyl (C=O) groups is 1. The molecule has 2 aromatic rings. The second kappa shape index (κ2) is 14.6. The summed E-state index contributed by atoms with van der Waals surface area (Å²) >= 11 is 0. The van der Waals surface area contributed by atoms with E-state index in [0.717, 1.165) is 5.69 Å². The maximum atomic E-state index is 14.6. The number of hydrogen-bond acceptors (Lipinski definition) is 6. The molecule has 1 saturated heterocycles. The first-order valence-electron chi connectivity index (χ1n) is 15.7. The number of aromatic nitrogens is 2. The number of nitrogens with zero attached hydrogens (tertiary/aromatic N) is 3. The lowest BCUT2D eigenvalue weighted by molar-refractivity contribution is 0.155. The lowest BCUT2D eigenvalue weighted by atomic mass is 9.77. The van der Waals surface area contributed by atoms with E-state index in [9.17, 15) is 13.6 Å². The summed E-state index contributed by atoms with van der Waals surface area (Å²) in [7, 11) is -0.283. The Bertz CT molecular complexity index is 1380. The van der Waals surface area contributed by atoms with Crippen molar-refractivity contribution in [3.8, 4) is 11.6 Å². The average Bonchev–Trinajstić information content (AvgIpc) is 3.52. The van der Waals surface area contributed by atoms with Crippen LogP contribution in [-0.2, 0) is 9.16 Å². The van der Waals surface area contributed by atoms with E-state index in [4.69, 9.17) is 19.0 Å². The van der Waals surface area contributed by atoms with Gasteiger partial charge in [0.2, 0.25) is 5.88 Å². The van der Waals surface area contributed by atoms with E-state index in [1.54, 1.807) is 24.8 Å². The van der Waals surface area contributed by atoms with Gasteiger partial charge < -0.3 is 19.2 Å². The first-order chi connectivity index (χ1) is 21.2. The van der Waals surface area contributed by atoms with E-state index < -0.39 is 31.9 Å². The van der Waals surface area contributed by atoms with Crippen molar-refractivity contribution in [1.82, 2.24) is 20.0 Å². The molecule has 0 radical (unpaired) electrons. The van der Waals surface area contributed by atoms with Gasteiger partial charge in [0.25, 0.3) is 0 Å². The van der Waals surface area contributed by atoms with Crippen LogP contribution >= 0.6 is 0 Å². The lowest BCUT2D eigenvalue weighted by Gasteiger charge is -2.36. The van der Waals surface area contributed by atoms with Crippen LogP contribution < -0.4 is 15.4 Å². The molecule has 1 fully saturated rings. The second-order valence-electron chi connectivity index (χ2n) is 13.5. The Morgan fingerprint density at radius 1 is 1.11 bits per heavy atom. The van der Waals surface area contributed by atoms with Gasteiger partial charge in [-0.1, -0.05) is 52.0 Å². The number of ether oxygens (including phenoxy) is 2. The molecule has 2 N–H and O–H groups in total. The third-order valence-corrected chi connectivity index (χ3v) is 14.0. The van der Waals surface area contributed by atoms with Crippen molar-refractivity contribution in [1.29, 1.82) is 0 Å². The molecule has 12 heteroatoms. The van der Waals surface area contributed by atoms with E-state index >= 15 is 0 Å². The number of anilines is 1. The predicted octanol–water partition coefficient (Wildman–Crippen LogP) is 6.62. The Morgan fingerprint density at radius 3 is 2.49 bits per heavy atom. The van der Waals surface area contributed by atoms with Gasteiger partial charge in [-0.2, -0.15) is 0 Å². The fourth-order valence-corrected chi connectivity index (χ4v) is 6.71. The summed E-state index contributed by atoms with van der Waals surface area (Å²) in [6.07, 6.45) is 2.93. The molecule has 248 valence electrons. The van der Waals surface area contributed by atoms with E-state index in [0.29, 0.717) is 56.7 Å². The van der Waals surface area contributed by atoms with Gasteiger partial charge in [-0.3, -0.25) is 10.2 Å². The van der Waals surface area contributed by atoms with Gasteiger partial charge >= 0.3 is 6.03 Å². The smallest absolute Gasteiger partial charge is 0.320 e. The summed E-state index contributed by atoms with van der Waals surface area (Å²) < 4.78 is 47.9. The van der Waals surface area contributed by atoms with E-state index in [1.807, 2.05) is 37.3 Å². The Balaban J connectivity index is 1.51. The molecule has 2 unspecified atom stereocenters. The molecule has 9 nitrogen and oxygen atoms in total. The molecule has 0 bridgehead atoms. The highest BCUT2D eigenvalue weighted by molar-refractivity contribution is 6.74. The molecule has 45 heavy (non-hydrogen) atoms. The van der Waals surface area contributed by atoms with Crippen LogP contribution in [0.2, 0.25) is 18.1 Å². The van der Waals surface area contributed by atoms with E-state index in [2.05, 4.69) is 49.4 Å². The van der Waals surface area contributed by atoms with Crippen molar-refractivity contribution < 1.29 is 27.5 Å². The van der Waals surface area contributed by atoms with Crippen molar-refractivity contribution in [2.45, 2.75) is 58.8 Å². The summed E-state index contributed by atoms with van der Waals surface area (Å²) in [5.41, 5.74) is 1.44. The summed E-state index contributed by atoms with van der Waals surface area (Å²) in [5, 5.41) is 10.9. The number of amides is 2. The minimum Gasteiger partial charge on any atom is -0.474 e. The fourth-order valence-electron chi connectivity index (χ4n) is 5.68. The van der Waals surface area contributed by atoms with Gasteiger partial charge in [0, 0.05) is 44.6 Å². The van der Waals surface area contributed by atoms with Crippen molar-refractivity contribution in [2.24, 2.45) is 17.8 Å². The SMILES string of the molecule is COCCN1C[C@@H](NC(=O)Nc2c(C)c(OCCO[Si](C)(C)C(C)(C)C)nn2-c2ccccc2)[C@H](C2C=CC(F)=C(F)C2C)C1. The standard InChI is InChI=1S/C33H49F2N5O4Si/c1-22-25(14-15-27(34)29(22)35)26-20-39(16-17-42-6)21-28(26)36-32(41)37-30-23(2)31(38-40(30)24-12-10-9-11-13-24)43-18-19-44-45(7,8)33(3,4)5/h9-15,22,25-26,28H,16-21H2,1-8H3,(H2,36,37,41)/t22?,25?,26-,28+/m0/s1. The number of carbonyl (C=O) groups excluding carboxylic acids is 1. The number of halogens is 2. The third kappa shape index (κ3) is 8.21. The molecule has 1 aliphatic carbocycles. The van der Waals surface area contributed by atoms with Gasteiger partial charge in [-0.05, 0) is 49.2 Å². The largest absolute Gasteiger partial charge is 0.474 e. The van der Waals surface area contributed by atoms with Crippen molar-refractivity contribution >= 4 is 20.2 Å². The first-order valence-corrected chi connectivity index (χ1v) is 18.6. The molecule has 2 amide bonds. The summed E-state index contributed by atoms with van der Waals surface area (Å²) in [4.78, 5) is 15.8. The predicted molar refractivity (Wildman–Crippen MR) is 176 cm³/mol. The van der Waals surface area contributed by atoms with Gasteiger partial charge in [-0.15, -0.1) is 5.10 Å². The molecule has 1 aliphatic heterocycles. The highest BCUT2D eigenvalue weighted by Crippen LogP contribution is 2.40. The number of nitrogens with one attached hydrogen (secondary N) is 2. The molecular formula is C33H49F2N5O4Si. The molecule has 1 aromatic heterocycles. The van der Waals surface area contributed by atoms with Crippen LogP contribution in [-0.4, -0.2) is 81.6 Å². The molecule has 2 heterocycles. The topological polar surface area (TPSA) is 89.9 Å². The number of allylic oxidation sites excluding steroid dienone is 4. The first kappa shape index (κ1) is 34.8. The highest BCUT2D eigenvalue weighted by atomic mass is 28.4. The van der Waals surface area contributed by atoms with Gasteiger partial charge in [-0.25, -0.2) is 18.3 Å². The third-order valence-electron chi connectivity index (χ3n) is 9.44. The minimum absolute atomic E-state index is 0.0910. The van der Waals surface area contributed by atoms with Crippen LogP contribution in [0.15, 0.2) is 54.1 Å². The Hall–Kier alpha value is -3.06. The van der Waals surface area contributed by atoms with Crippen LogP contribution in [0.3, 0.4) is 0 Å². The van der Waals surface area contributed by atoms with Crippen LogP contribution in [0.1, 0.15) is 33.3 Å². The minimum atomic E-state index is -1.92. The normalized spacial score (nSPS) is 22.6. The average molecular weight is 646 g/mol. The van der Waals surface area contributed by atoms with Crippen molar-refractivity contribution in [2.75, 3.05) is 51.9 Å². The Labute approximate surface area is 267 Å². The lowest BCUT2D eigenvalue weighted by Crippen LogP contribution is -2.45. The van der Waals surface area contributed by atoms with E-state index in [-0.39, 0.29) is 22.9 Å². The number of para-hydroxylation sites is 1. The Morgan fingerprint density at radius 2 is 1.82 bits per heavy atom. The summed E-state index contributed by atoms with van der Waals surface area (Å²) in [6, 6.07) is 8.80. The zero-order valence-electron chi connectivity index (χ0n) is 27.8. The molecule has 0 spiro atoms. The highest BCUT2D eigenvalue weighted by Gasteiger charge is 2.42. The van der Waals surface area contributed by atoms with Crippen molar-refractivity contribution in [3.63, 3.8) is 0 Å². The van der Waals surface area contributed by atoms with Gasteiger partial charge in [0.1, 0.15) is 18.3 Å². The molecule has 4 rings (SSSR count). The molecule has 0 saturated carbocycles. The van der Waals surface area contributed by atoms with Crippen LogP contribution in [0.25, 0.3) is 5.69 Å². The van der Waals surface area contributed by atoms with Crippen LogP contribution in [0, 0.1) is 24.7 Å². The molecular weight excluding hydrogens is 596 g/mol. The van der Waals surface area contributed by atoms with E-state index in [1.165, 1.54) is 6.08 Å². The van der Waals surface area contributed by atoms with Gasteiger partial charge in [0.05, 0.1) is 24.5 Å². The fraction of sp³-hybridized carbons (Fsp3) is 0.576. The number of benzene rings is 1. The molecule has 1 aromatic carbocycles. The summed E-state index contributed by atoms with van der Waals surface area (Å²) in [6.45, 7) is 17.7. The maximum Gasteiger partial charge on any atom is 0.320 e. The number of methoxy groups -OCH3 is 1. The van der Waals surface area contributed by atoms with Crippen LogP contribution in [0.5, 0.6) is 5.88 Å². The maximum absolute atomic E-state index is 14.6. The zero-order chi connectivity index (χ0) is 32.9. The molecule has 4 atom stereocenters. The number of likely N-dealkylation sites (tertiary alicyclic amines) is 1. The monoisotopic (exact) mass is 645 g/mol. The number of rotatable bonds is 12. The van der Waals surface area contributed by atoms with Crippen LogP contribution in [0.4, 0.5) is 19.4 Å². The number of hydrogen-bond donors (Lipinski definition) is 2. The second-order valence-corrected chi connectivity index (χ2v) is 18.3. The molecule has 2 aliphatic rings. The van der Waals surface area contributed by atoms with Crippen molar-refractivity contribution in [3.05, 3.63) is 59.7 Å². The Kier molecular flexibility index (Phi) is 11.3. The quantitative estimate of drug-likeness (QED) is 0.199.